The Kier molecular flexibility index (Phi) is 3.70. The number of carbonyl (C=O) groups is 1. The summed E-state index contributed by atoms with van der Waals surface area (Å²) in [5, 5.41) is 9.34. The van der Waals surface area contributed by atoms with Gasteiger partial charge in [0, 0.05) is 12.5 Å². The fourth-order valence-electron chi connectivity index (χ4n) is 3.11. The molecule has 3 rings (SSSR count). The third-order valence-electron chi connectivity index (χ3n) is 4.54. The molecule has 0 atom stereocenters. The molecule has 1 aromatic carbocycles. The van der Waals surface area contributed by atoms with Gasteiger partial charge in [-0.15, -0.1) is 0 Å². The lowest BCUT2D eigenvalue weighted by Gasteiger charge is -2.26. The molecule has 2 aromatic rings. The number of aryl methyl sites for hydroxylation is 1. The lowest BCUT2D eigenvalue weighted by molar-refractivity contribution is 0.0699. The first-order valence-electron chi connectivity index (χ1n) is 7.80. The van der Waals surface area contributed by atoms with Crippen LogP contribution in [0, 0.1) is 5.92 Å². The standard InChI is InChI=1S/C17H22N2O2/c1-11(2)16-18-15-13(17(20)21)7-4-8-14(15)19(16)10-9-12-5-3-6-12/h4,7-8,11-12H,3,5-6,9-10H2,1-2H3,(H,20,21). The van der Waals surface area contributed by atoms with Crippen LogP contribution in [-0.4, -0.2) is 20.6 Å². The van der Waals surface area contributed by atoms with Gasteiger partial charge in [0.05, 0.1) is 11.1 Å². The highest BCUT2D eigenvalue weighted by Gasteiger charge is 2.21. The number of carboxylic acids is 1. The fraction of sp³-hybridized carbons (Fsp3) is 0.529. The maximum Gasteiger partial charge on any atom is 0.337 e. The van der Waals surface area contributed by atoms with Crippen molar-refractivity contribution in [3.63, 3.8) is 0 Å². The molecule has 21 heavy (non-hydrogen) atoms. The highest BCUT2D eigenvalue weighted by Crippen LogP contribution is 2.31. The molecule has 0 saturated heterocycles. The van der Waals surface area contributed by atoms with Gasteiger partial charge < -0.3 is 9.67 Å². The molecule has 1 aromatic heterocycles. The molecule has 1 heterocycles. The van der Waals surface area contributed by atoms with E-state index in [-0.39, 0.29) is 0 Å². The Labute approximate surface area is 124 Å². The topological polar surface area (TPSA) is 55.1 Å². The monoisotopic (exact) mass is 286 g/mol. The number of carboxylic acid groups (broad SMARTS) is 1. The van der Waals surface area contributed by atoms with E-state index in [4.69, 9.17) is 0 Å². The smallest absolute Gasteiger partial charge is 0.337 e. The number of imidazole rings is 1. The number of aromatic nitrogens is 2. The SMILES string of the molecule is CC(C)c1nc2c(C(=O)O)cccc2n1CCC1CCC1. The minimum absolute atomic E-state index is 0.292. The van der Waals surface area contributed by atoms with E-state index in [9.17, 15) is 9.90 Å². The molecule has 1 aliphatic carbocycles. The van der Waals surface area contributed by atoms with E-state index in [2.05, 4.69) is 23.4 Å². The van der Waals surface area contributed by atoms with E-state index < -0.39 is 5.97 Å². The van der Waals surface area contributed by atoms with Crippen molar-refractivity contribution in [1.82, 2.24) is 9.55 Å². The van der Waals surface area contributed by atoms with E-state index in [1.165, 1.54) is 25.7 Å². The van der Waals surface area contributed by atoms with Gasteiger partial charge in [-0.2, -0.15) is 0 Å². The van der Waals surface area contributed by atoms with Crippen molar-refractivity contribution in [2.75, 3.05) is 0 Å². The third-order valence-corrected chi connectivity index (χ3v) is 4.54. The summed E-state index contributed by atoms with van der Waals surface area (Å²) in [6.45, 7) is 5.17. The first-order chi connectivity index (χ1) is 10.1. The summed E-state index contributed by atoms with van der Waals surface area (Å²) >= 11 is 0. The second-order valence-corrected chi connectivity index (χ2v) is 6.34. The number of rotatable bonds is 5. The summed E-state index contributed by atoms with van der Waals surface area (Å²) in [6, 6.07) is 5.44. The normalized spacial score (nSPS) is 15.6. The van der Waals surface area contributed by atoms with E-state index >= 15 is 0 Å². The van der Waals surface area contributed by atoms with Gasteiger partial charge in [0.1, 0.15) is 11.3 Å². The lowest BCUT2D eigenvalue weighted by Crippen LogP contribution is -2.15. The molecule has 4 nitrogen and oxygen atoms in total. The molecule has 1 saturated carbocycles. The van der Waals surface area contributed by atoms with Crippen molar-refractivity contribution in [1.29, 1.82) is 0 Å². The minimum atomic E-state index is -0.903. The van der Waals surface area contributed by atoms with Crippen LogP contribution < -0.4 is 0 Å². The maximum absolute atomic E-state index is 11.4. The summed E-state index contributed by atoms with van der Waals surface area (Å²) in [5.74, 6) is 1.23. The molecule has 0 unspecified atom stereocenters. The van der Waals surface area contributed by atoms with Gasteiger partial charge in [0.25, 0.3) is 0 Å². The molecule has 0 spiro atoms. The number of para-hydroxylation sites is 1. The number of fused-ring (bicyclic) bond motifs is 1. The minimum Gasteiger partial charge on any atom is -0.478 e. The van der Waals surface area contributed by atoms with Gasteiger partial charge in [-0.05, 0) is 24.5 Å². The number of aromatic carboxylic acids is 1. The van der Waals surface area contributed by atoms with Crippen molar-refractivity contribution in [2.45, 2.75) is 52.0 Å². The van der Waals surface area contributed by atoms with Crippen LogP contribution in [0.15, 0.2) is 18.2 Å². The van der Waals surface area contributed by atoms with Crippen LogP contribution >= 0.6 is 0 Å². The van der Waals surface area contributed by atoms with E-state index in [1.807, 2.05) is 12.1 Å². The van der Waals surface area contributed by atoms with Crippen LogP contribution in [-0.2, 0) is 6.54 Å². The van der Waals surface area contributed by atoms with Crippen LogP contribution in [0.25, 0.3) is 11.0 Å². The summed E-state index contributed by atoms with van der Waals surface area (Å²) in [7, 11) is 0. The van der Waals surface area contributed by atoms with Crippen molar-refractivity contribution < 1.29 is 9.90 Å². The maximum atomic E-state index is 11.4. The molecule has 1 aliphatic rings. The van der Waals surface area contributed by atoms with Crippen molar-refractivity contribution >= 4 is 17.0 Å². The van der Waals surface area contributed by atoms with Crippen LogP contribution in [0.5, 0.6) is 0 Å². The quantitative estimate of drug-likeness (QED) is 0.902. The number of hydrogen-bond donors (Lipinski definition) is 1. The number of benzene rings is 1. The van der Waals surface area contributed by atoms with Crippen molar-refractivity contribution in [3.8, 4) is 0 Å². The molecular weight excluding hydrogens is 264 g/mol. The highest BCUT2D eigenvalue weighted by atomic mass is 16.4. The predicted octanol–water partition coefficient (Wildman–Crippen LogP) is 4.05. The fourth-order valence-corrected chi connectivity index (χ4v) is 3.11. The first-order valence-corrected chi connectivity index (χ1v) is 7.80. The summed E-state index contributed by atoms with van der Waals surface area (Å²) in [4.78, 5) is 16.0. The zero-order valence-corrected chi connectivity index (χ0v) is 12.7. The van der Waals surface area contributed by atoms with Crippen molar-refractivity contribution in [2.24, 2.45) is 5.92 Å². The van der Waals surface area contributed by atoms with E-state index in [0.717, 1.165) is 23.8 Å². The predicted molar refractivity (Wildman–Crippen MR) is 82.7 cm³/mol. The number of hydrogen-bond acceptors (Lipinski definition) is 2. The lowest BCUT2D eigenvalue weighted by atomic mass is 9.83. The Morgan fingerprint density at radius 3 is 2.76 bits per heavy atom. The third kappa shape index (κ3) is 2.55. The Morgan fingerprint density at radius 1 is 1.43 bits per heavy atom. The second kappa shape index (κ2) is 5.51. The van der Waals surface area contributed by atoms with Gasteiger partial charge >= 0.3 is 5.97 Å². The molecule has 4 heteroatoms. The Hall–Kier alpha value is -1.84. The van der Waals surface area contributed by atoms with Crippen LogP contribution in [0.4, 0.5) is 0 Å². The van der Waals surface area contributed by atoms with Gasteiger partial charge in [0.15, 0.2) is 0 Å². The average Bonchev–Trinajstić information content (AvgIpc) is 2.76. The Bertz CT molecular complexity index is 669. The molecule has 0 aliphatic heterocycles. The molecule has 1 N–H and O–H groups in total. The molecular formula is C17H22N2O2. The first kappa shape index (κ1) is 14.1. The Balaban J connectivity index is 2.04. The summed E-state index contributed by atoms with van der Waals surface area (Å²) in [6.07, 6.45) is 5.20. The van der Waals surface area contributed by atoms with Crippen LogP contribution in [0.1, 0.15) is 61.6 Å². The zero-order chi connectivity index (χ0) is 15.0. The Morgan fingerprint density at radius 2 is 2.19 bits per heavy atom. The van der Waals surface area contributed by atoms with Gasteiger partial charge in [0.2, 0.25) is 0 Å². The highest BCUT2D eigenvalue weighted by molar-refractivity contribution is 6.01. The van der Waals surface area contributed by atoms with E-state index in [0.29, 0.717) is 17.0 Å². The molecule has 0 bridgehead atoms. The second-order valence-electron chi connectivity index (χ2n) is 6.34. The van der Waals surface area contributed by atoms with Gasteiger partial charge in [-0.25, -0.2) is 9.78 Å². The van der Waals surface area contributed by atoms with Crippen molar-refractivity contribution in [3.05, 3.63) is 29.6 Å². The summed E-state index contributed by atoms with van der Waals surface area (Å²) in [5.41, 5.74) is 1.89. The molecule has 1 fully saturated rings. The van der Waals surface area contributed by atoms with Gasteiger partial charge in [-0.1, -0.05) is 39.2 Å². The van der Waals surface area contributed by atoms with Gasteiger partial charge in [-0.3, -0.25) is 0 Å². The molecule has 0 amide bonds. The largest absolute Gasteiger partial charge is 0.478 e. The summed E-state index contributed by atoms with van der Waals surface area (Å²) < 4.78 is 2.23. The average molecular weight is 286 g/mol. The van der Waals surface area contributed by atoms with E-state index in [1.54, 1.807) is 6.07 Å². The zero-order valence-electron chi connectivity index (χ0n) is 12.7. The van der Waals surface area contributed by atoms with Crippen LogP contribution in [0.2, 0.25) is 0 Å². The molecule has 112 valence electrons. The van der Waals surface area contributed by atoms with Crippen LogP contribution in [0.3, 0.4) is 0 Å². The molecule has 0 radical (unpaired) electrons. The number of nitrogens with zero attached hydrogens (tertiary/aromatic N) is 2.